The molecule has 0 saturated carbocycles. The topological polar surface area (TPSA) is 251 Å². The Balaban J connectivity index is 2.11. The van der Waals surface area contributed by atoms with Gasteiger partial charge in [0.15, 0.2) is 5.96 Å². The number of benzene rings is 1. The number of nitrogens with zero attached hydrogens (tertiary/aromatic N) is 1. The van der Waals surface area contributed by atoms with E-state index in [1.54, 1.807) is 20.0 Å². The smallest absolute Gasteiger partial charge is 0.326 e. The molecule has 4 atom stereocenters. The molecule has 0 saturated heterocycles. The molecule has 2 rings (SSSR count). The van der Waals surface area contributed by atoms with Crippen molar-refractivity contribution in [2.45, 2.75) is 63.7 Å². The number of aliphatic carboxylic acids is 1. The number of aliphatic imine (C=N–C) groups is 1. The number of para-hydroxylation sites is 1. The van der Waals surface area contributed by atoms with Crippen LogP contribution >= 0.6 is 0 Å². The van der Waals surface area contributed by atoms with Crippen LogP contribution in [0.5, 0.6) is 0 Å². The molecule has 0 radical (unpaired) electrons. The van der Waals surface area contributed by atoms with E-state index in [1.807, 2.05) is 24.3 Å². The van der Waals surface area contributed by atoms with E-state index in [-0.39, 0.29) is 37.7 Å². The van der Waals surface area contributed by atoms with Crippen molar-refractivity contribution in [2.24, 2.45) is 28.1 Å². The van der Waals surface area contributed by atoms with E-state index in [4.69, 9.17) is 17.2 Å². The molecule has 1 aromatic heterocycles. The number of carbonyl (C=O) groups excluding carboxylic acids is 3. The SMILES string of the molecule is CC(C)CC(NC(=O)C(CO)NC(=O)C(CCCN=C(N)N)NC(=O)C(N)Cc1c[nH]c2ccccc12)C(=O)O. The van der Waals surface area contributed by atoms with Crippen molar-refractivity contribution in [1.29, 1.82) is 0 Å². The van der Waals surface area contributed by atoms with Gasteiger partial charge in [-0.2, -0.15) is 0 Å². The molecule has 14 heteroatoms. The summed E-state index contributed by atoms with van der Waals surface area (Å²) in [6.07, 6.45) is 2.53. The van der Waals surface area contributed by atoms with Crippen molar-refractivity contribution in [3.63, 3.8) is 0 Å². The van der Waals surface area contributed by atoms with Crippen LogP contribution in [0.2, 0.25) is 0 Å². The Morgan fingerprint density at radius 3 is 2.23 bits per heavy atom. The van der Waals surface area contributed by atoms with Gasteiger partial charge in [-0.05, 0) is 43.2 Å². The predicted octanol–water partition coefficient (Wildman–Crippen LogP) is -1.33. The summed E-state index contributed by atoms with van der Waals surface area (Å²) < 4.78 is 0. The minimum Gasteiger partial charge on any atom is -0.480 e. The van der Waals surface area contributed by atoms with Crippen molar-refractivity contribution in [3.05, 3.63) is 36.0 Å². The van der Waals surface area contributed by atoms with Gasteiger partial charge in [0.05, 0.1) is 12.6 Å². The van der Waals surface area contributed by atoms with Crippen LogP contribution in [0.25, 0.3) is 10.9 Å². The lowest BCUT2D eigenvalue weighted by Gasteiger charge is -2.24. The van der Waals surface area contributed by atoms with E-state index < -0.39 is 54.5 Å². The molecular formula is C26H40N8O6. The van der Waals surface area contributed by atoms with Crippen molar-refractivity contribution in [1.82, 2.24) is 20.9 Å². The number of amides is 3. The number of rotatable bonds is 16. The second-order valence-electron chi connectivity index (χ2n) is 9.95. The fourth-order valence-corrected chi connectivity index (χ4v) is 4.11. The minimum absolute atomic E-state index is 0.0261. The Labute approximate surface area is 232 Å². The summed E-state index contributed by atoms with van der Waals surface area (Å²) in [7, 11) is 0. The van der Waals surface area contributed by atoms with E-state index in [9.17, 15) is 29.4 Å². The van der Waals surface area contributed by atoms with E-state index in [2.05, 4.69) is 25.9 Å². The van der Waals surface area contributed by atoms with Crippen LogP contribution < -0.4 is 33.2 Å². The molecule has 40 heavy (non-hydrogen) atoms. The maximum Gasteiger partial charge on any atom is 0.326 e. The van der Waals surface area contributed by atoms with Gasteiger partial charge in [0.2, 0.25) is 17.7 Å². The van der Waals surface area contributed by atoms with Crippen LogP contribution in [0.3, 0.4) is 0 Å². The first-order chi connectivity index (χ1) is 18.9. The molecule has 14 nitrogen and oxygen atoms in total. The third kappa shape index (κ3) is 9.85. The van der Waals surface area contributed by atoms with Gasteiger partial charge in [-0.15, -0.1) is 0 Å². The first-order valence-electron chi connectivity index (χ1n) is 13.0. The maximum atomic E-state index is 13.1. The van der Waals surface area contributed by atoms with Crippen molar-refractivity contribution < 1.29 is 29.4 Å². The third-order valence-electron chi connectivity index (χ3n) is 6.17. The van der Waals surface area contributed by atoms with E-state index in [1.165, 1.54) is 0 Å². The number of H-pyrrole nitrogens is 1. The fourth-order valence-electron chi connectivity index (χ4n) is 4.11. The number of aliphatic hydroxyl groups is 1. The summed E-state index contributed by atoms with van der Waals surface area (Å²) in [5.41, 5.74) is 18.6. The van der Waals surface area contributed by atoms with Crippen LogP contribution in [0.4, 0.5) is 0 Å². The second-order valence-corrected chi connectivity index (χ2v) is 9.95. The molecule has 0 aliphatic carbocycles. The van der Waals surface area contributed by atoms with Gasteiger partial charge in [-0.25, -0.2) is 4.79 Å². The van der Waals surface area contributed by atoms with Gasteiger partial charge in [-0.1, -0.05) is 32.0 Å². The van der Waals surface area contributed by atoms with Crippen LogP contribution in [0, 0.1) is 5.92 Å². The molecule has 4 unspecified atom stereocenters. The number of carboxylic acids is 1. The Hall–Kier alpha value is -4.17. The average Bonchev–Trinajstić information content (AvgIpc) is 3.30. The summed E-state index contributed by atoms with van der Waals surface area (Å²) in [6.45, 7) is 2.99. The molecule has 1 heterocycles. The molecular weight excluding hydrogens is 520 g/mol. The number of carbonyl (C=O) groups is 4. The molecule has 3 amide bonds. The predicted molar refractivity (Wildman–Crippen MR) is 150 cm³/mol. The highest BCUT2D eigenvalue weighted by Gasteiger charge is 2.30. The van der Waals surface area contributed by atoms with Gasteiger partial charge < -0.3 is 48.3 Å². The van der Waals surface area contributed by atoms with E-state index >= 15 is 0 Å². The highest BCUT2D eigenvalue weighted by molar-refractivity contribution is 5.94. The monoisotopic (exact) mass is 560 g/mol. The normalized spacial score (nSPS) is 14.1. The standard InChI is InChI=1S/C26H40N8O6/c1-14(2)10-20(25(39)40)33-24(38)21(13-35)34-23(37)19(8-5-9-30-26(28)29)32-22(36)17(27)11-15-12-31-18-7-4-3-6-16(15)18/h3-4,6-7,12,14,17,19-21,31,35H,5,8-11,13,27H2,1-2H3,(H,32,36)(H,33,38)(H,34,37)(H,39,40)(H4,28,29,30). The van der Waals surface area contributed by atoms with Crippen LogP contribution in [0.1, 0.15) is 38.7 Å². The van der Waals surface area contributed by atoms with Crippen LogP contribution in [-0.2, 0) is 25.6 Å². The molecule has 0 spiro atoms. The quantitative estimate of drug-likeness (QED) is 0.0669. The Morgan fingerprint density at radius 1 is 0.975 bits per heavy atom. The fraction of sp³-hybridized carbons (Fsp3) is 0.500. The summed E-state index contributed by atoms with van der Waals surface area (Å²) >= 11 is 0. The summed E-state index contributed by atoms with van der Waals surface area (Å²) in [4.78, 5) is 57.3. The molecule has 0 bridgehead atoms. The van der Waals surface area contributed by atoms with Gasteiger partial charge in [0.25, 0.3) is 0 Å². The summed E-state index contributed by atoms with van der Waals surface area (Å²) in [5, 5.41) is 27.4. The lowest BCUT2D eigenvalue weighted by molar-refractivity contribution is -0.143. The first-order valence-corrected chi connectivity index (χ1v) is 13.0. The molecule has 1 aromatic carbocycles. The third-order valence-corrected chi connectivity index (χ3v) is 6.17. The second kappa shape index (κ2) is 15.4. The van der Waals surface area contributed by atoms with E-state index in [0.717, 1.165) is 16.5 Å². The summed E-state index contributed by atoms with van der Waals surface area (Å²) in [5.74, 6) is -3.62. The zero-order valence-electron chi connectivity index (χ0n) is 22.7. The number of carboxylic acid groups (broad SMARTS) is 1. The largest absolute Gasteiger partial charge is 0.480 e. The van der Waals surface area contributed by atoms with Crippen molar-refractivity contribution in [3.8, 4) is 0 Å². The lowest BCUT2D eigenvalue weighted by Crippen LogP contribution is -2.58. The molecule has 12 N–H and O–H groups in total. The zero-order chi connectivity index (χ0) is 29.8. The van der Waals surface area contributed by atoms with E-state index in [0.29, 0.717) is 6.42 Å². The Bertz CT molecular complexity index is 1190. The Kier molecular flexibility index (Phi) is 12.4. The lowest BCUT2D eigenvalue weighted by atomic mass is 10.0. The first kappa shape index (κ1) is 32.0. The molecule has 0 aliphatic heterocycles. The Morgan fingerprint density at radius 2 is 1.60 bits per heavy atom. The van der Waals surface area contributed by atoms with Gasteiger partial charge in [0.1, 0.15) is 18.1 Å². The number of hydrogen-bond donors (Lipinski definition) is 9. The summed E-state index contributed by atoms with van der Waals surface area (Å²) in [6, 6.07) is 2.79. The number of nitrogens with two attached hydrogens (primary N) is 3. The van der Waals surface area contributed by atoms with Gasteiger partial charge in [-0.3, -0.25) is 19.4 Å². The van der Waals surface area contributed by atoms with Gasteiger partial charge >= 0.3 is 5.97 Å². The van der Waals surface area contributed by atoms with Crippen LogP contribution in [0.15, 0.2) is 35.5 Å². The molecule has 2 aromatic rings. The highest BCUT2D eigenvalue weighted by Crippen LogP contribution is 2.19. The molecule has 0 fully saturated rings. The number of aliphatic hydroxyl groups excluding tert-OH is 1. The number of fused-ring (bicyclic) bond motifs is 1. The highest BCUT2D eigenvalue weighted by atomic mass is 16.4. The van der Waals surface area contributed by atoms with Crippen molar-refractivity contribution in [2.75, 3.05) is 13.2 Å². The number of nitrogens with one attached hydrogen (secondary N) is 4. The molecule has 0 aliphatic rings. The average molecular weight is 561 g/mol. The zero-order valence-corrected chi connectivity index (χ0v) is 22.7. The van der Waals surface area contributed by atoms with Crippen molar-refractivity contribution >= 4 is 40.6 Å². The number of guanidine groups is 1. The maximum absolute atomic E-state index is 13.1. The number of hydrogen-bond acceptors (Lipinski definition) is 7. The van der Waals surface area contributed by atoms with Gasteiger partial charge in [0, 0.05) is 23.6 Å². The minimum atomic E-state index is -1.45. The number of aromatic amines is 1. The van der Waals surface area contributed by atoms with Crippen LogP contribution in [-0.4, -0.2) is 82.2 Å². The molecule has 220 valence electrons. The number of aromatic nitrogens is 1.